The summed E-state index contributed by atoms with van der Waals surface area (Å²) in [5.74, 6) is 0.780. The van der Waals surface area contributed by atoms with Gasteiger partial charge in [0.05, 0.1) is 5.60 Å². The highest BCUT2D eigenvalue weighted by molar-refractivity contribution is 5.80. The third-order valence-electron chi connectivity index (χ3n) is 3.03. The molecular formula is C10H17NO2. The zero-order valence-corrected chi connectivity index (χ0v) is 8.05. The summed E-state index contributed by atoms with van der Waals surface area (Å²) in [5.41, 5.74) is -0.676. The van der Waals surface area contributed by atoms with Crippen LogP contribution in [0.5, 0.6) is 0 Å². The fourth-order valence-electron chi connectivity index (χ4n) is 1.61. The fourth-order valence-corrected chi connectivity index (χ4v) is 1.61. The normalized spacial score (nSPS) is 26.6. The summed E-state index contributed by atoms with van der Waals surface area (Å²) >= 11 is 0. The van der Waals surface area contributed by atoms with E-state index in [1.165, 1.54) is 0 Å². The van der Waals surface area contributed by atoms with Crippen molar-refractivity contribution in [2.45, 2.75) is 38.2 Å². The number of carbonyl (C=O) groups is 1. The van der Waals surface area contributed by atoms with Crippen LogP contribution in [0.2, 0.25) is 0 Å². The van der Waals surface area contributed by atoms with E-state index in [1.54, 1.807) is 0 Å². The summed E-state index contributed by atoms with van der Waals surface area (Å²) in [6, 6.07) is 0. The van der Waals surface area contributed by atoms with Crippen LogP contribution in [-0.4, -0.2) is 23.2 Å². The van der Waals surface area contributed by atoms with E-state index < -0.39 is 5.60 Å². The van der Waals surface area contributed by atoms with E-state index in [0.29, 0.717) is 12.5 Å². The molecule has 0 saturated heterocycles. The van der Waals surface area contributed by atoms with Crippen LogP contribution in [0.15, 0.2) is 0 Å². The van der Waals surface area contributed by atoms with E-state index >= 15 is 0 Å². The van der Waals surface area contributed by atoms with E-state index in [9.17, 15) is 9.90 Å². The highest BCUT2D eigenvalue weighted by Gasteiger charge is 2.40. The van der Waals surface area contributed by atoms with Gasteiger partial charge in [-0.2, -0.15) is 0 Å². The van der Waals surface area contributed by atoms with Crippen LogP contribution in [-0.2, 0) is 4.79 Å². The van der Waals surface area contributed by atoms with Crippen molar-refractivity contribution in [2.24, 2.45) is 11.8 Å². The van der Waals surface area contributed by atoms with Gasteiger partial charge >= 0.3 is 0 Å². The molecule has 2 aliphatic carbocycles. The van der Waals surface area contributed by atoms with E-state index in [-0.39, 0.29) is 11.8 Å². The largest absolute Gasteiger partial charge is 0.388 e. The molecule has 2 aliphatic rings. The maximum Gasteiger partial charge on any atom is 0.223 e. The van der Waals surface area contributed by atoms with Crippen LogP contribution in [0.1, 0.15) is 32.6 Å². The fraction of sp³-hybridized carbons (Fsp3) is 0.900. The lowest BCUT2D eigenvalue weighted by Crippen LogP contribution is -2.42. The molecule has 0 radical (unpaired) electrons. The molecule has 13 heavy (non-hydrogen) atoms. The predicted octanol–water partition coefficient (Wildman–Crippen LogP) is 0.674. The van der Waals surface area contributed by atoms with Gasteiger partial charge in [0, 0.05) is 12.5 Å². The number of nitrogens with one attached hydrogen (secondary N) is 1. The van der Waals surface area contributed by atoms with Gasteiger partial charge in [0.25, 0.3) is 0 Å². The van der Waals surface area contributed by atoms with Gasteiger partial charge in [-0.05, 0) is 38.5 Å². The molecule has 0 heterocycles. The van der Waals surface area contributed by atoms with Gasteiger partial charge < -0.3 is 10.4 Å². The minimum absolute atomic E-state index is 0.126. The van der Waals surface area contributed by atoms with Crippen LogP contribution in [0, 0.1) is 11.8 Å². The first kappa shape index (κ1) is 9.00. The first-order chi connectivity index (χ1) is 6.09. The van der Waals surface area contributed by atoms with Gasteiger partial charge in [-0.25, -0.2) is 0 Å². The zero-order valence-electron chi connectivity index (χ0n) is 8.05. The number of amides is 1. The molecule has 0 aliphatic heterocycles. The van der Waals surface area contributed by atoms with Crippen molar-refractivity contribution < 1.29 is 9.90 Å². The summed E-state index contributed by atoms with van der Waals surface area (Å²) in [6.45, 7) is 2.24. The van der Waals surface area contributed by atoms with Crippen LogP contribution in [0.3, 0.4) is 0 Å². The van der Waals surface area contributed by atoms with Gasteiger partial charge in [0.2, 0.25) is 5.91 Å². The molecule has 1 amide bonds. The number of carbonyl (C=O) groups excluding carboxylic acids is 1. The molecule has 0 aromatic rings. The standard InChI is InChI=1S/C10H17NO2/c1-10(13,8-4-5-8)6-11-9(12)7-2-3-7/h7-8,13H,2-6H2,1H3,(H,11,12). The Morgan fingerprint density at radius 1 is 1.46 bits per heavy atom. The molecule has 2 saturated carbocycles. The van der Waals surface area contributed by atoms with E-state index in [0.717, 1.165) is 25.7 Å². The Balaban J connectivity index is 1.73. The summed E-state index contributed by atoms with van der Waals surface area (Å²) in [7, 11) is 0. The molecule has 1 atom stereocenters. The molecule has 0 bridgehead atoms. The van der Waals surface area contributed by atoms with Crippen molar-refractivity contribution >= 4 is 5.91 Å². The van der Waals surface area contributed by atoms with Gasteiger partial charge in [0.15, 0.2) is 0 Å². The third-order valence-corrected chi connectivity index (χ3v) is 3.03. The van der Waals surface area contributed by atoms with Gasteiger partial charge in [-0.15, -0.1) is 0 Å². The molecule has 1 unspecified atom stereocenters. The van der Waals surface area contributed by atoms with Crippen LogP contribution >= 0.6 is 0 Å². The number of aliphatic hydroxyl groups is 1. The molecule has 2 N–H and O–H groups in total. The van der Waals surface area contributed by atoms with E-state index in [4.69, 9.17) is 0 Å². The SMILES string of the molecule is CC(O)(CNC(=O)C1CC1)C1CC1. The number of rotatable bonds is 4. The molecule has 3 nitrogen and oxygen atoms in total. The summed E-state index contributed by atoms with van der Waals surface area (Å²) in [5, 5.41) is 12.7. The Morgan fingerprint density at radius 2 is 2.08 bits per heavy atom. The maximum absolute atomic E-state index is 11.3. The average Bonchev–Trinajstić information content (AvgIpc) is 2.89. The zero-order chi connectivity index (χ0) is 9.47. The molecule has 0 spiro atoms. The molecule has 3 heteroatoms. The van der Waals surface area contributed by atoms with Gasteiger partial charge in [-0.1, -0.05) is 0 Å². The minimum atomic E-state index is -0.676. The Labute approximate surface area is 78.5 Å². The lowest BCUT2D eigenvalue weighted by Gasteiger charge is -2.23. The molecule has 2 rings (SSSR count). The Kier molecular flexibility index (Phi) is 2.06. The van der Waals surface area contributed by atoms with E-state index in [1.807, 2.05) is 6.92 Å². The summed E-state index contributed by atoms with van der Waals surface area (Å²) in [6.07, 6.45) is 4.26. The first-order valence-corrected chi connectivity index (χ1v) is 5.10. The number of hydrogen-bond donors (Lipinski definition) is 2. The Morgan fingerprint density at radius 3 is 2.54 bits per heavy atom. The molecular weight excluding hydrogens is 166 g/mol. The van der Waals surface area contributed by atoms with Crippen molar-refractivity contribution in [3.8, 4) is 0 Å². The summed E-state index contributed by atoms with van der Waals surface area (Å²) < 4.78 is 0. The minimum Gasteiger partial charge on any atom is -0.388 e. The monoisotopic (exact) mass is 183 g/mol. The second-order valence-corrected chi connectivity index (χ2v) is 4.62. The second-order valence-electron chi connectivity index (χ2n) is 4.62. The lowest BCUT2D eigenvalue weighted by molar-refractivity contribution is -0.123. The summed E-state index contributed by atoms with van der Waals surface area (Å²) in [4.78, 5) is 11.3. The van der Waals surface area contributed by atoms with Crippen LogP contribution < -0.4 is 5.32 Å². The Hall–Kier alpha value is -0.570. The first-order valence-electron chi connectivity index (χ1n) is 5.10. The smallest absolute Gasteiger partial charge is 0.223 e. The third kappa shape index (κ3) is 2.21. The molecule has 74 valence electrons. The average molecular weight is 183 g/mol. The molecule has 0 aromatic carbocycles. The maximum atomic E-state index is 11.3. The number of hydrogen-bond acceptors (Lipinski definition) is 2. The topological polar surface area (TPSA) is 49.3 Å². The van der Waals surface area contributed by atoms with Crippen LogP contribution in [0.4, 0.5) is 0 Å². The lowest BCUT2D eigenvalue weighted by atomic mass is 10.0. The molecule has 2 fully saturated rings. The van der Waals surface area contributed by atoms with Gasteiger partial charge in [-0.3, -0.25) is 4.79 Å². The highest BCUT2D eigenvalue weighted by atomic mass is 16.3. The van der Waals surface area contributed by atoms with Crippen molar-refractivity contribution in [3.63, 3.8) is 0 Å². The van der Waals surface area contributed by atoms with Crippen molar-refractivity contribution in [1.29, 1.82) is 0 Å². The van der Waals surface area contributed by atoms with Crippen molar-refractivity contribution in [1.82, 2.24) is 5.32 Å². The highest BCUT2D eigenvalue weighted by Crippen LogP contribution is 2.39. The van der Waals surface area contributed by atoms with E-state index in [2.05, 4.69) is 5.32 Å². The quantitative estimate of drug-likeness (QED) is 0.673. The molecule has 0 aromatic heterocycles. The van der Waals surface area contributed by atoms with Crippen molar-refractivity contribution in [3.05, 3.63) is 0 Å². The van der Waals surface area contributed by atoms with Crippen molar-refractivity contribution in [2.75, 3.05) is 6.54 Å². The van der Waals surface area contributed by atoms with Gasteiger partial charge in [0.1, 0.15) is 0 Å². The second kappa shape index (κ2) is 2.98. The Bertz CT molecular complexity index is 217. The predicted molar refractivity (Wildman–Crippen MR) is 49.1 cm³/mol. The van der Waals surface area contributed by atoms with Crippen LogP contribution in [0.25, 0.3) is 0 Å².